The molecule has 0 saturated heterocycles. The van der Waals surface area contributed by atoms with Crippen molar-refractivity contribution in [2.24, 2.45) is 11.8 Å². The van der Waals surface area contributed by atoms with Crippen LogP contribution in [0.25, 0.3) is 11.0 Å². The predicted octanol–water partition coefficient (Wildman–Crippen LogP) is 3.26. The number of nitrogens with zero attached hydrogens (tertiary/aromatic N) is 2. The molecule has 21 heavy (non-hydrogen) atoms. The molecule has 4 heteroatoms. The van der Waals surface area contributed by atoms with Crippen LogP contribution in [0.15, 0.2) is 18.2 Å². The van der Waals surface area contributed by atoms with E-state index in [2.05, 4.69) is 59.8 Å². The summed E-state index contributed by atoms with van der Waals surface area (Å²) in [4.78, 5) is 0. The van der Waals surface area contributed by atoms with E-state index in [1.807, 2.05) is 0 Å². The van der Waals surface area contributed by atoms with Gasteiger partial charge < -0.3 is 5.32 Å². The first kappa shape index (κ1) is 14.5. The standard InChI is InChI=1S/C17H26N4/c1-4-17(12(2)7-5-8-13(17)11-18-3)14-9-6-10-15-16(14)20-21-19-15/h6,9-10,12-13,18H,4-5,7-8,11H2,1-3H3,(H,19,20,21). The summed E-state index contributed by atoms with van der Waals surface area (Å²) in [7, 11) is 2.07. The summed E-state index contributed by atoms with van der Waals surface area (Å²) in [5.74, 6) is 1.34. The number of rotatable bonds is 4. The number of hydrogen-bond acceptors (Lipinski definition) is 3. The van der Waals surface area contributed by atoms with E-state index in [0.29, 0.717) is 11.8 Å². The molecule has 0 aliphatic heterocycles. The van der Waals surface area contributed by atoms with E-state index in [1.54, 1.807) is 0 Å². The van der Waals surface area contributed by atoms with Crippen molar-refractivity contribution in [3.63, 3.8) is 0 Å². The Morgan fingerprint density at radius 2 is 2.24 bits per heavy atom. The topological polar surface area (TPSA) is 53.6 Å². The third-order valence-corrected chi connectivity index (χ3v) is 5.69. The van der Waals surface area contributed by atoms with Gasteiger partial charge in [0.1, 0.15) is 5.52 Å². The van der Waals surface area contributed by atoms with Crippen LogP contribution in [0.5, 0.6) is 0 Å². The number of aromatic amines is 1. The van der Waals surface area contributed by atoms with Gasteiger partial charge >= 0.3 is 0 Å². The van der Waals surface area contributed by atoms with E-state index in [4.69, 9.17) is 0 Å². The average Bonchev–Trinajstić information content (AvgIpc) is 2.97. The lowest BCUT2D eigenvalue weighted by Crippen LogP contribution is -2.47. The number of aromatic nitrogens is 3. The van der Waals surface area contributed by atoms with Crippen molar-refractivity contribution in [3.8, 4) is 0 Å². The molecule has 1 fully saturated rings. The highest BCUT2D eigenvalue weighted by molar-refractivity contribution is 5.78. The molecule has 0 bridgehead atoms. The van der Waals surface area contributed by atoms with Gasteiger partial charge in [0, 0.05) is 5.41 Å². The molecule has 1 aliphatic carbocycles. The third kappa shape index (κ3) is 2.16. The molecular weight excluding hydrogens is 260 g/mol. The first-order chi connectivity index (χ1) is 10.2. The fourth-order valence-electron chi connectivity index (χ4n) is 4.68. The minimum absolute atomic E-state index is 0.206. The molecule has 3 atom stereocenters. The number of H-pyrrole nitrogens is 1. The van der Waals surface area contributed by atoms with Crippen molar-refractivity contribution >= 4 is 11.0 Å². The zero-order valence-electron chi connectivity index (χ0n) is 13.3. The van der Waals surface area contributed by atoms with Gasteiger partial charge in [-0.05, 0) is 56.3 Å². The number of nitrogens with one attached hydrogen (secondary N) is 2. The Morgan fingerprint density at radius 1 is 1.38 bits per heavy atom. The maximum atomic E-state index is 4.39. The Labute approximate surface area is 126 Å². The van der Waals surface area contributed by atoms with Crippen LogP contribution in [0, 0.1) is 11.8 Å². The largest absolute Gasteiger partial charge is 0.319 e. The lowest BCUT2D eigenvalue weighted by atomic mass is 9.56. The molecule has 4 nitrogen and oxygen atoms in total. The van der Waals surface area contributed by atoms with Gasteiger partial charge in [0.05, 0.1) is 5.52 Å². The highest BCUT2D eigenvalue weighted by Gasteiger charge is 2.46. The lowest BCUT2D eigenvalue weighted by Gasteiger charge is -2.49. The minimum Gasteiger partial charge on any atom is -0.319 e. The third-order valence-electron chi connectivity index (χ3n) is 5.69. The van der Waals surface area contributed by atoms with E-state index in [1.165, 1.54) is 24.8 Å². The van der Waals surface area contributed by atoms with Crippen LogP contribution in [0.3, 0.4) is 0 Å². The smallest absolute Gasteiger partial charge is 0.116 e. The zero-order valence-corrected chi connectivity index (χ0v) is 13.3. The van der Waals surface area contributed by atoms with Crippen molar-refractivity contribution in [2.45, 2.75) is 44.9 Å². The summed E-state index contributed by atoms with van der Waals surface area (Å²) >= 11 is 0. The van der Waals surface area contributed by atoms with Gasteiger partial charge in [0.2, 0.25) is 0 Å². The summed E-state index contributed by atoms with van der Waals surface area (Å²) < 4.78 is 0. The van der Waals surface area contributed by atoms with Crippen LogP contribution < -0.4 is 5.32 Å². The van der Waals surface area contributed by atoms with Gasteiger partial charge in [0.25, 0.3) is 0 Å². The number of fused-ring (bicyclic) bond motifs is 1. The van der Waals surface area contributed by atoms with Crippen LogP contribution in [0.1, 0.15) is 45.1 Å². The molecular formula is C17H26N4. The fraction of sp³-hybridized carbons (Fsp3) is 0.647. The Morgan fingerprint density at radius 3 is 3.00 bits per heavy atom. The fourth-order valence-corrected chi connectivity index (χ4v) is 4.68. The van der Waals surface area contributed by atoms with Crippen LogP contribution in [0.2, 0.25) is 0 Å². The van der Waals surface area contributed by atoms with Crippen molar-refractivity contribution in [2.75, 3.05) is 13.6 Å². The second-order valence-corrected chi connectivity index (χ2v) is 6.49. The van der Waals surface area contributed by atoms with Crippen LogP contribution in [0.4, 0.5) is 0 Å². The van der Waals surface area contributed by atoms with Gasteiger partial charge in [-0.15, -0.1) is 5.10 Å². The molecule has 1 heterocycles. The molecule has 114 valence electrons. The maximum Gasteiger partial charge on any atom is 0.116 e. The van der Waals surface area contributed by atoms with E-state index < -0.39 is 0 Å². The van der Waals surface area contributed by atoms with Crippen molar-refractivity contribution in [1.29, 1.82) is 0 Å². The first-order valence-corrected chi connectivity index (χ1v) is 8.18. The molecule has 1 saturated carbocycles. The van der Waals surface area contributed by atoms with Gasteiger partial charge in [-0.2, -0.15) is 0 Å². The summed E-state index contributed by atoms with van der Waals surface area (Å²) in [6.45, 7) is 5.83. The van der Waals surface area contributed by atoms with Crippen LogP contribution in [-0.2, 0) is 5.41 Å². The summed E-state index contributed by atoms with van der Waals surface area (Å²) in [6.07, 6.45) is 5.10. The molecule has 0 amide bonds. The number of benzene rings is 1. The van der Waals surface area contributed by atoms with Crippen molar-refractivity contribution in [1.82, 2.24) is 20.7 Å². The van der Waals surface area contributed by atoms with Crippen molar-refractivity contribution in [3.05, 3.63) is 23.8 Å². The maximum absolute atomic E-state index is 4.39. The second-order valence-electron chi connectivity index (χ2n) is 6.49. The molecule has 1 aromatic heterocycles. The van der Waals surface area contributed by atoms with Gasteiger partial charge in [0.15, 0.2) is 0 Å². The van der Waals surface area contributed by atoms with Crippen molar-refractivity contribution < 1.29 is 0 Å². The van der Waals surface area contributed by atoms with E-state index in [0.717, 1.165) is 24.0 Å². The molecule has 0 spiro atoms. The van der Waals surface area contributed by atoms with E-state index in [-0.39, 0.29) is 5.41 Å². The second kappa shape index (κ2) is 5.76. The quantitative estimate of drug-likeness (QED) is 0.907. The Hall–Kier alpha value is -1.42. The molecule has 3 unspecified atom stereocenters. The van der Waals surface area contributed by atoms with Gasteiger partial charge in [-0.1, -0.05) is 37.6 Å². The highest BCUT2D eigenvalue weighted by Crippen LogP contribution is 2.50. The molecule has 1 aliphatic rings. The van der Waals surface area contributed by atoms with Gasteiger partial charge in [-0.25, -0.2) is 0 Å². The molecule has 2 N–H and O–H groups in total. The lowest BCUT2D eigenvalue weighted by molar-refractivity contribution is 0.110. The van der Waals surface area contributed by atoms with Crippen LogP contribution >= 0.6 is 0 Å². The minimum atomic E-state index is 0.206. The first-order valence-electron chi connectivity index (χ1n) is 8.18. The molecule has 3 rings (SSSR count). The molecule has 1 aromatic carbocycles. The normalized spacial score (nSPS) is 29.9. The monoisotopic (exact) mass is 286 g/mol. The zero-order chi connectivity index (χ0) is 14.9. The Kier molecular flexibility index (Phi) is 3.98. The predicted molar refractivity (Wildman–Crippen MR) is 86.3 cm³/mol. The molecule has 2 aromatic rings. The summed E-state index contributed by atoms with van der Waals surface area (Å²) in [5.41, 5.74) is 3.72. The van der Waals surface area contributed by atoms with Gasteiger partial charge in [-0.3, -0.25) is 5.10 Å². The SMILES string of the molecule is CCC1(c2cccc3[nH]nnc23)C(C)CCCC1CNC. The highest BCUT2D eigenvalue weighted by atomic mass is 15.3. The Bertz CT molecular complexity index is 604. The summed E-state index contributed by atoms with van der Waals surface area (Å²) in [5, 5.41) is 14.9. The molecule has 0 radical (unpaired) electrons. The average molecular weight is 286 g/mol. The van der Waals surface area contributed by atoms with Crippen LogP contribution in [-0.4, -0.2) is 29.0 Å². The summed E-state index contributed by atoms with van der Waals surface area (Å²) in [6, 6.07) is 6.49. The van der Waals surface area contributed by atoms with E-state index >= 15 is 0 Å². The van der Waals surface area contributed by atoms with E-state index in [9.17, 15) is 0 Å². The Balaban J connectivity index is 2.18. The number of hydrogen-bond donors (Lipinski definition) is 2.